The number of rotatable bonds is 5. The molecular formula is C22H27NO3. The maximum atomic E-state index is 12.6. The first-order chi connectivity index (χ1) is 12.3. The summed E-state index contributed by atoms with van der Waals surface area (Å²) in [7, 11) is 0. The predicted octanol–water partition coefficient (Wildman–Crippen LogP) is 4.67. The first kappa shape index (κ1) is 18.4. The van der Waals surface area contributed by atoms with E-state index in [0.717, 1.165) is 6.42 Å². The highest BCUT2D eigenvalue weighted by atomic mass is 16.4. The Bertz CT molecular complexity index is 817. The number of fused-ring (bicyclic) bond motifs is 1. The molecule has 1 aromatic heterocycles. The zero-order valence-electron chi connectivity index (χ0n) is 16.0. The molecule has 1 aliphatic carbocycles. The Morgan fingerprint density at radius 3 is 2.62 bits per heavy atom. The van der Waals surface area contributed by atoms with Gasteiger partial charge in [0.2, 0.25) is 0 Å². The average molecular weight is 353 g/mol. The number of carbonyl (C=O) groups is 2. The summed E-state index contributed by atoms with van der Waals surface area (Å²) < 4.78 is 5.81. The molecule has 0 saturated carbocycles. The third-order valence-electron chi connectivity index (χ3n) is 5.21. The molecule has 0 spiro atoms. The number of nitrogens with one attached hydrogen (secondary N) is 1. The Morgan fingerprint density at radius 1 is 1.23 bits per heavy atom. The minimum Gasteiger partial charge on any atom is -0.455 e. The number of Topliss-reactive ketones (excluding diaryl/α,β-unsaturated/α-hetero) is 1. The average Bonchev–Trinajstić information content (AvgIpc) is 2.90. The second kappa shape index (κ2) is 7.10. The molecule has 0 radical (unpaired) electrons. The van der Waals surface area contributed by atoms with E-state index in [-0.39, 0.29) is 22.9 Å². The highest BCUT2D eigenvalue weighted by Crippen LogP contribution is 2.38. The number of carbonyl (C=O) groups excluding carboxylic acids is 2. The van der Waals surface area contributed by atoms with Gasteiger partial charge in [-0.05, 0) is 30.2 Å². The molecule has 0 fully saturated rings. The van der Waals surface area contributed by atoms with Gasteiger partial charge < -0.3 is 9.73 Å². The topological polar surface area (TPSA) is 59.3 Å². The maximum Gasteiger partial charge on any atom is 0.287 e. The third-order valence-corrected chi connectivity index (χ3v) is 5.21. The van der Waals surface area contributed by atoms with Gasteiger partial charge in [0, 0.05) is 24.9 Å². The third kappa shape index (κ3) is 3.74. The first-order valence-electron chi connectivity index (χ1n) is 9.27. The standard InChI is InChI=1S/C22H27NO3/c1-14(16-8-6-5-7-9-16)10-11-23-21(25)20-15(2)19-17(24)12-22(3,4)13-18(19)26-20/h5-9,14H,10-13H2,1-4H3,(H,23,25). The van der Waals surface area contributed by atoms with Gasteiger partial charge in [-0.2, -0.15) is 0 Å². The Kier molecular flexibility index (Phi) is 5.03. The summed E-state index contributed by atoms with van der Waals surface area (Å²) in [6.07, 6.45) is 2.03. The molecule has 1 aliphatic rings. The summed E-state index contributed by atoms with van der Waals surface area (Å²) in [5, 5.41) is 2.94. The summed E-state index contributed by atoms with van der Waals surface area (Å²) >= 11 is 0. The number of amides is 1. The number of furan rings is 1. The summed E-state index contributed by atoms with van der Waals surface area (Å²) in [6, 6.07) is 10.3. The lowest BCUT2D eigenvalue weighted by Gasteiger charge is -2.27. The zero-order valence-corrected chi connectivity index (χ0v) is 16.0. The molecule has 0 bridgehead atoms. The number of benzene rings is 1. The monoisotopic (exact) mass is 353 g/mol. The Labute approximate surface area is 155 Å². The summed E-state index contributed by atoms with van der Waals surface area (Å²) in [4.78, 5) is 25.0. The SMILES string of the molecule is Cc1c(C(=O)NCCC(C)c2ccccc2)oc2c1C(=O)CC(C)(C)C2. The van der Waals surface area contributed by atoms with Crippen molar-refractivity contribution in [2.75, 3.05) is 6.54 Å². The van der Waals surface area contributed by atoms with E-state index in [2.05, 4.69) is 38.2 Å². The molecule has 1 heterocycles. The highest BCUT2D eigenvalue weighted by Gasteiger charge is 2.36. The van der Waals surface area contributed by atoms with Crippen molar-refractivity contribution in [1.82, 2.24) is 5.32 Å². The molecule has 1 unspecified atom stereocenters. The van der Waals surface area contributed by atoms with E-state index < -0.39 is 0 Å². The summed E-state index contributed by atoms with van der Waals surface area (Å²) in [5.41, 5.74) is 2.44. The molecule has 4 nitrogen and oxygen atoms in total. The van der Waals surface area contributed by atoms with Gasteiger partial charge in [0.25, 0.3) is 5.91 Å². The van der Waals surface area contributed by atoms with Crippen LogP contribution in [-0.2, 0) is 6.42 Å². The van der Waals surface area contributed by atoms with Gasteiger partial charge in [-0.1, -0.05) is 51.1 Å². The van der Waals surface area contributed by atoms with Crippen LogP contribution in [-0.4, -0.2) is 18.2 Å². The van der Waals surface area contributed by atoms with E-state index in [0.29, 0.717) is 42.2 Å². The molecule has 138 valence electrons. The lowest BCUT2D eigenvalue weighted by Crippen LogP contribution is -2.26. The van der Waals surface area contributed by atoms with Crippen LogP contribution in [0.15, 0.2) is 34.7 Å². The largest absolute Gasteiger partial charge is 0.455 e. The number of ketones is 1. The molecule has 4 heteroatoms. The van der Waals surface area contributed by atoms with Crippen molar-refractivity contribution in [3.05, 3.63) is 58.5 Å². The molecule has 0 saturated heterocycles. The van der Waals surface area contributed by atoms with Gasteiger partial charge in [0.15, 0.2) is 11.5 Å². The fourth-order valence-corrected chi connectivity index (χ4v) is 3.73. The quantitative estimate of drug-likeness (QED) is 0.850. The molecule has 1 amide bonds. The maximum absolute atomic E-state index is 12.6. The van der Waals surface area contributed by atoms with Crippen LogP contribution in [0.5, 0.6) is 0 Å². The molecule has 3 rings (SSSR count). The molecule has 1 aromatic carbocycles. The van der Waals surface area contributed by atoms with E-state index in [1.165, 1.54) is 5.56 Å². The van der Waals surface area contributed by atoms with Gasteiger partial charge in [0.1, 0.15) is 5.76 Å². The van der Waals surface area contributed by atoms with Crippen molar-refractivity contribution in [2.24, 2.45) is 5.41 Å². The van der Waals surface area contributed by atoms with E-state index >= 15 is 0 Å². The summed E-state index contributed by atoms with van der Waals surface area (Å²) in [5.74, 6) is 1.15. The van der Waals surface area contributed by atoms with Gasteiger partial charge in [-0.25, -0.2) is 0 Å². The normalized spacial score (nSPS) is 16.8. The van der Waals surface area contributed by atoms with Crippen LogP contribution in [0.1, 0.15) is 77.3 Å². The summed E-state index contributed by atoms with van der Waals surface area (Å²) in [6.45, 7) is 8.63. The van der Waals surface area contributed by atoms with Crippen LogP contribution in [0.2, 0.25) is 0 Å². The predicted molar refractivity (Wildman–Crippen MR) is 102 cm³/mol. The van der Waals surface area contributed by atoms with Gasteiger partial charge in [0.05, 0.1) is 5.56 Å². The Hall–Kier alpha value is -2.36. The van der Waals surface area contributed by atoms with Crippen LogP contribution in [0.4, 0.5) is 0 Å². The van der Waals surface area contributed by atoms with Crippen LogP contribution >= 0.6 is 0 Å². The van der Waals surface area contributed by atoms with Crippen LogP contribution in [0, 0.1) is 12.3 Å². The fourth-order valence-electron chi connectivity index (χ4n) is 3.73. The lowest BCUT2D eigenvalue weighted by atomic mass is 9.76. The molecular weight excluding hydrogens is 326 g/mol. The van der Waals surface area contributed by atoms with E-state index in [4.69, 9.17) is 4.42 Å². The van der Waals surface area contributed by atoms with Crippen LogP contribution in [0.3, 0.4) is 0 Å². The van der Waals surface area contributed by atoms with Crippen molar-refractivity contribution in [3.63, 3.8) is 0 Å². The second-order valence-electron chi connectivity index (χ2n) is 8.15. The van der Waals surface area contributed by atoms with Crippen LogP contribution < -0.4 is 5.32 Å². The molecule has 1 N–H and O–H groups in total. The van der Waals surface area contributed by atoms with Gasteiger partial charge in [-0.3, -0.25) is 9.59 Å². The Balaban J connectivity index is 1.65. The first-order valence-corrected chi connectivity index (χ1v) is 9.27. The van der Waals surface area contributed by atoms with Crippen LogP contribution in [0.25, 0.3) is 0 Å². The smallest absolute Gasteiger partial charge is 0.287 e. The van der Waals surface area contributed by atoms with Crippen molar-refractivity contribution in [3.8, 4) is 0 Å². The Morgan fingerprint density at radius 2 is 1.92 bits per heavy atom. The number of hydrogen-bond donors (Lipinski definition) is 1. The van der Waals surface area contributed by atoms with Crippen molar-refractivity contribution >= 4 is 11.7 Å². The van der Waals surface area contributed by atoms with E-state index in [9.17, 15) is 9.59 Å². The molecule has 26 heavy (non-hydrogen) atoms. The fraction of sp³-hybridized carbons (Fsp3) is 0.455. The molecule has 2 aromatic rings. The highest BCUT2D eigenvalue weighted by molar-refractivity contribution is 6.03. The molecule has 1 atom stereocenters. The minimum atomic E-state index is -0.234. The second-order valence-corrected chi connectivity index (χ2v) is 8.15. The van der Waals surface area contributed by atoms with Crippen molar-refractivity contribution in [1.29, 1.82) is 0 Å². The van der Waals surface area contributed by atoms with Gasteiger partial charge >= 0.3 is 0 Å². The van der Waals surface area contributed by atoms with E-state index in [1.807, 2.05) is 18.2 Å². The zero-order chi connectivity index (χ0) is 18.9. The minimum absolute atomic E-state index is 0.0780. The lowest BCUT2D eigenvalue weighted by molar-refractivity contribution is 0.0888. The molecule has 0 aliphatic heterocycles. The van der Waals surface area contributed by atoms with Crippen molar-refractivity contribution in [2.45, 2.75) is 52.9 Å². The van der Waals surface area contributed by atoms with E-state index in [1.54, 1.807) is 6.92 Å². The van der Waals surface area contributed by atoms with Crippen molar-refractivity contribution < 1.29 is 14.0 Å². The number of hydrogen-bond acceptors (Lipinski definition) is 3. The van der Waals surface area contributed by atoms with Gasteiger partial charge in [-0.15, -0.1) is 0 Å².